The molecule has 0 bridgehead atoms. The van der Waals surface area contributed by atoms with Gasteiger partial charge in [-0.05, 0) is 33.4 Å². The minimum absolute atomic E-state index is 0.607. The third-order valence-electron chi connectivity index (χ3n) is 3.45. The smallest absolute Gasteiger partial charge is 0.0589 e. The summed E-state index contributed by atoms with van der Waals surface area (Å²) in [6.07, 6.45) is 1.28. The van der Waals surface area contributed by atoms with Crippen LogP contribution < -0.4 is 5.32 Å². The SMILES string of the molecule is COCCN(CCN1CCCNCC1)C(C)C. The van der Waals surface area contributed by atoms with E-state index in [1.165, 1.54) is 32.6 Å². The van der Waals surface area contributed by atoms with Crippen LogP contribution in [0.25, 0.3) is 0 Å². The van der Waals surface area contributed by atoms with Crippen molar-refractivity contribution in [2.45, 2.75) is 26.3 Å². The Morgan fingerprint density at radius 2 is 2.06 bits per heavy atom. The number of ether oxygens (including phenoxy) is 1. The summed E-state index contributed by atoms with van der Waals surface area (Å²) in [6.45, 7) is 13.5. The molecule has 0 spiro atoms. The Morgan fingerprint density at radius 3 is 2.76 bits per heavy atom. The third kappa shape index (κ3) is 6.36. The highest BCUT2D eigenvalue weighted by atomic mass is 16.5. The second kappa shape index (κ2) is 8.86. The van der Waals surface area contributed by atoms with Crippen molar-refractivity contribution in [3.8, 4) is 0 Å². The van der Waals surface area contributed by atoms with Gasteiger partial charge in [-0.2, -0.15) is 0 Å². The van der Waals surface area contributed by atoms with Crippen molar-refractivity contribution in [2.75, 3.05) is 59.5 Å². The lowest BCUT2D eigenvalue weighted by molar-refractivity contribution is 0.118. The van der Waals surface area contributed by atoms with E-state index in [2.05, 4.69) is 29.0 Å². The summed E-state index contributed by atoms with van der Waals surface area (Å²) in [5, 5.41) is 3.45. The van der Waals surface area contributed by atoms with Gasteiger partial charge in [0.1, 0.15) is 0 Å². The molecule has 0 atom stereocenters. The van der Waals surface area contributed by atoms with E-state index in [4.69, 9.17) is 4.74 Å². The molecule has 1 aliphatic rings. The normalized spacial score (nSPS) is 18.9. The van der Waals surface area contributed by atoms with E-state index in [1.807, 2.05) is 0 Å². The second-order valence-corrected chi connectivity index (χ2v) is 5.07. The molecule has 1 fully saturated rings. The molecule has 0 aliphatic carbocycles. The molecule has 102 valence electrons. The Bertz CT molecular complexity index is 180. The van der Waals surface area contributed by atoms with Crippen molar-refractivity contribution in [1.29, 1.82) is 0 Å². The molecule has 0 saturated carbocycles. The average molecular weight is 243 g/mol. The van der Waals surface area contributed by atoms with Crippen LogP contribution in [-0.2, 0) is 4.74 Å². The molecular weight excluding hydrogens is 214 g/mol. The molecule has 0 radical (unpaired) electrons. The van der Waals surface area contributed by atoms with E-state index in [0.717, 1.165) is 26.2 Å². The number of nitrogens with zero attached hydrogens (tertiary/aromatic N) is 2. The van der Waals surface area contributed by atoms with Crippen LogP contribution in [0.15, 0.2) is 0 Å². The number of methoxy groups -OCH3 is 1. The zero-order valence-electron chi connectivity index (χ0n) is 11.7. The van der Waals surface area contributed by atoms with E-state index in [0.29, 0.717) is 6.04 Å². The van der Waals surface area contributed by atoms with Crippen molar-refractivity contribution in [1.82, 2.24) is 15.1 Å². The first-order valence-corrected chi connectivity index (χ1v) is 6.90. The molecule has 0 aromatic rings. The Labute approximate surface area is 106 Å². The molecule has 0 aromatic carbocycles. The van der Waals surface area contributed by atoms with Gasteiger partial charge in [0, 0.05) is 45.9 Å². The van der Waals surface area contributed by atoms with Crippen LogP contribution in [0.2, 0.25) is 0 Å². The predicted molar refractivity (Wildman–Crippen MR) is 72.5 cm³/mol. The van der Waals surface area contributed by atoms with Gasteiger partial charge in [-0.15, -0.1) is 0 Å². The lowest BCUT2D eigenvalue weighted by Crippen LogP contribution is -2.41. The fourth-order valence-electron chi connectivity index (χ4n) is 2.23. The Hall–Kier alpha value is -0.160. The largest absolute Gasteiger partial charge is 0.383 e. The average Bonchev–Trinajstić information content (AvgIpc) is 2.57. The van der Waals surface area contributed by atoms with Crippen LogP contribution in [0, 0.1) is 0 Å². The monoisotopic (exact) mass is 243 g/mol. The summed E-state index contributed by atoms with van der Waals surface area (Å²) < 4.78 is 5.17. The molecule has 0 aromatic heterocycles. The van der Waals surface area contributed by atoms with Crippen LogP contribution in [-0.4, -0.2) is 75.4 Å². The molecule has 1 saturated heterocycles. The molecule has 0 unspecified atom stereocenters. The molecule has 1 N–H and O–H groups in total. The number of rotatable bonds is 7. The molecular formula is C13H29N3O. The minimum Gasteiger partial charge on any atom is -0.383 e. The molecule has 1 heterocycles. The molecule has 4 heteroatoms. The molecule has 4 nitrogen and oxygen atoms in total. The van der Waals surface area contributed by atoms with Gasteiger partial charge in [0.05, 0.1) is 6.61 Å². The number of hydrogen-bond donors (Lipinski definition) is 1. The standard InChI is InChI=1S/C13H29N3O/c1-13(2)16(11-12-17-3)10-9-15-7-4-5-14-6-8-15/h13-14H,4-12H2,1-3H3. The van der Waals surface area contributed by atoms with Gasteiger partial charge in [0.2, 0.25) is 0 Å². The minimum atomic E-state index is 0.607. The number of nitrogens with one attached hydrogen (secondary N) is 1. The van der Waals surface area contributed by atoms with Gasteiger partial charge < -0.3 is 15.0 Å². The fourth-order valence-corrected chi connectivity index (χ4v) is 2.23. The highest BCUT2D eigenvalue weighted by molar-refractivity contribution is 4.69. The van der Waals surface area contributed by atoms with E-state index in [9.17, 15) is 0 Å². The lowest BCUT2D eigenvalue weighted by atomic mass is 10.3. The summed E-state index contributed by atoms with van der Waals surface area (Å²) in [5.74, 6) is 0. The van der Waals surface area contributed by atoms with Crippen LogP contribution in [0.4, 0.5) is 0 Å². The van der Waals surface area contributed by atoms with Crippen molar-refractivity contribution in [2.24, 2.45) is 0 Å². The second-order valence-electron chi connectivity index (χ2n) is 5.07. The Balaban J connectivity index is 2.24. The zero-order valence-corrected chi connectivity index (χ0v) is 11.7. The van der Waals surface area contributed by atoms with Gasteiger partial charge >= 0.3 is 0 Å². The number of hydrogen-bond acceptors (Lipinski definition) is 4. The van der Waals surface area contributed by atoms with Gasteiger partial charge in [-0.3, -0.25) is 4.90 Å². The maximum atomic E-state index is 5.17. The molecule has 0 amide bonds. The van der Waals surface area contributed by atoms with Crippen LogP contribution in [0.1, 0.15) is 20.3 Å². The van der Waals surface area contributed by atoms with Gasteiger partial charge in [-0.25, -0.2) is 0 Å². The summed E-state index contributed by atoms with van der Waals surface area (Å²) in [6, 6.07) is 0.607. The highest BCUT2D eigenvalue weighted by Crippen LogP contribution is 2.01. The van der Waals surface area contributed by atoms with Crippen LogP contribution in [0.5, 0.6) is 0 Å². The fraction of sp³-hybridized carbons (Fsp3) is 1.00. The predicted octanol–water partition coefficient (Wildman–Crippen LogP) is 0.639. The van der Waals surface area contributed by atoms with Crippen molar-refractivity contribution < 1.29 is 4.74 Å². The maximum Gasteiger partial charge on any atom is 0.0589 e. The molecule has 1 rings (SSSR count). The summed E-state index contributed by atoms with van der Waals surface area (Å²) >= 11 is 0. The van der Waals surface area contributed by atoms with Gasteiger partial charge in [-0.1, -0.05) is 0 Å². The van der Waals surface area contributed by atoms with E-state index >= 15 is 0 Å². The third-order valence-corrected chi connectivity index (χ3v) is 3.45. The van der Waals surface area contributed by atoms with Crippen LogP contribution >= 0.6 is 0 Å². The first-order chi connectivity index (χ1) is 8.24. The highest BCUT2D eigenvalue weighted by Gasteiger charge is 2.12. The van der Waals surface area contributed by atoms with E-state index in [1.54, 1.807) is 7.11 Å². The Kier molecular flexibility index (Phi) is 7.77. The van der Waals surface area contributed by atoms with Gasteiger partial charge in [0.15, 0.2) is 0 Å². The summed E-state index contributed by atoms with van der Waals surface area (Å²) in [7, 11) is 1.78. The molecule has 1 aliphatic heterocycles. The topological polar surface area (TPSA) is 27.7 Å². The van der Waals surface area contributed by atoms with Crippen molar-refractivity contribution in [3.63, 3.8) is 0 Å². The van der Waals surface area contributed by atoms with E-state index < -0.39 is 0 Å². The van der Waals surface area contributed by atoms with Gasteiger partial charge in [0.25, 0.3) is 0 Å². The van der Waals surface area contributed by atoms with Crippen LogP contribution in [0.3, 0.4) is 0 Å². The van der Waals surface area contributed by atoms with E-state index in [-0.39, 0.29) is 0 Å². The first-order valence-electron chi connectivity index (χ1n) is 6.90. The summed E-state index contributed by atoms with van der Waals surface area (Å²) in [4.78, 5) is 5.07. The van der Waals surface area contributed by atoms with Crippen molar-refractivity contribution in [3.05, 3.63) is 0 Å². The molecule has 17 heavy (non-hydrogen) atoms. The summed E-state index contributed by atoms with van der Waals surface area (Å²) in [5.41, 5.74) is 0. The zero-order chi connectivity index (χ0) is 12.5. The Morgan fingerprint density at radius 1 is 1.24 bits per heavy atom. The maximum absolute atomic E-state index is 5.17. The van der Waals surface area contributed by atoms with Crippen molar-refractivity contribution >= 4 is 0 Å². The lowest BCUT2D eigenvalue weighted by Gasteiger charge is -2.29. The quantitative estimate of drug-likeness (QED) is 0.710. The first kappa shape index (κ1) is 14.9.